The van der Waals surface area contributed by atoms with Crippen molar-refractivity contribution < 1.29 is 4.74 Å². The first-order valence-electron chi connectivity index (χ1n) is 6.14. The zero-order chi connectivity index (χ0) is 15.2. The zero-order valence-electron chi connectivity index (χ0n) is 11.3. The van der Waals surface area contributed by atoms with Gasteiger partial charge in [0.25, 0.3) is 0 Å². The van der Waals surface area contributed by atoms with Gasteiger partial charge in [0.15, 0.2) is 5.82 Å². The summed E-state index contributed by atoms with van der Waals surface area (Å²) in [5.74, 6) is 0.672. The maximum atomic E-state index is 9.01. The van der Waals surface area contributed by atoms with Crippen molar-refractivity contribution >= 4 is 17.2 Å². The molecule has 0 aliphatic heterocycles. The predicted molar refractivity (Wildman–Crippen MR) is 76.8 cm³/mol. The lowest BCUT2D eigenvalue weighted by Crippen LogP contribution is -2.05. The summed E-state index contributed by atoms with van der Waals surface area (Å²) in [6.07, 6.45) is 1.33. The second-order valence-electron chi connectivity index (χ2n) is 3.98. The first kappa shape index (κ1) is 14.1. The number of nitrogen functional groups attached to an aromatic ring is 1. The summed E-state index contributed by atoms with van der Waals surface area (Å²) in [7, 11) is 0. The summed E-state index contributed by atoms with van der Waals surface area (Å²) in [5.41, 5.74) is 7.38. The molecule has 7 nitrogen and oxygen atoms in total. The fourth-order valence-corrected chi connectivity index (χ4v) is 1.68. The predicted octanol–water partition coefficient (Wildman–Crippen LogP) is 1.94. The van der Waals surface area contributed by atoms with Crippen molar-refractivity contribution in [1.82, 2.24) is 9.97 Å². The Morgan fingerprint density at radius 1 is 1.24 bits per heavy atom. The maximum Gasteiger partial charge on any atom is 0.242 e. The molecule has 7 heteroatoms. The third-order valence-corrected chi connectivity index (χ3v) is 2.65. The number of anilines is 3. The zero-order valence-corrected chi connectivity index (χ0v) is 11.3. The van der Waals surface area contributed by atoms with Crippen LogP contribution in [0.5, 0.6) is 5.88 Å². The molecule has 0 bridgehead atoms. The van der Waals surface area contributed by atoms with Gasteiger partial charge in [-0.25, -0.2) is 4.98 Å². The minimum absolute atomic E-state index is 0.278. The van der Waals surface area contributed by atoms with Crippen LogP contribution in [-0.4, -0.2) is 16.6 Å². The standard InChI is InChI=1S/C14H12N6O/c1-2-21-14-12(17)13(18-8-19-14)20-11-4-3-9(6-15)10(5-11)7-16/h3-5,8H,2,17H2,1H3,(H,18,19,20). The Bertz CT molecular complexity index is 744. The molecule has 2 rings (SSSR count). The fraction of sp³-hybridized carbons (Fsp3) is 0.143. The SMILES string of the molecule is CCOc1ncnc(Nc2ccc(C#N)c(C#N)c2)c1N. The average molecular weight is 280 g/mol. The second-order valence-corrected chi connectivity index (χ2v) is 3.98. The number of hydrogen-bond acceptors (Lipinski definition) is 7. The summed E-state index contributed by atoms with van der Waals surface area (Å²) in [6.45, 7) is 2.27. The van der Waals surface area contributed by atoms with E-state index in [4.69, 9.17) is 21.0 Å². The highest BCUT2D eigenvalue weighted by molar-refractivity contribution is 5.73. The second kappa shape index (κ2) is 6.22. The van der Waals surface area contributed by atoms with Crippen LogP contribution >= 0.6 is 0 Å². The Balaban J connectivity index is 2.33. The molecule has 0 spiro atoms. The molecule has 1 aromatic carbocycles. The largest absolute Gasteiger partial charge is 0.476 e. The highest BCUT2D eigenvalue weighted by atomic mass is 16.5. The number of rotatable bonds is 4. The highest BCUT2D eigenvalue weighted by Gasteiger charge is 2.10. The topological polar surface area (TPSA) is 121 Å². The number of nitrogens with one attached hydrogen (secondary N) is 1. The first-order chi connectivity index (χ1) is 10.2. The minimum atomic E-state index is 0.278. The molecule has 21 heavy (non-hydrogen) atoms. The van der Waals surface area contributed by atoms with E-state index in [0.29, 0.717) is 29.6 Å². The van der Waals surface area contributed by atoms with Crippen molar-refractivity contribution in [3.8, 4) is 18.0 Å². The Hall–Kier alpha value is -3.32. The Morgan fingerprint density at radius 2 is 2.00 bits per heavy atom. The molecule has 0 unspecified atom stereocenters. The van der Waals surface area contributed by atoms with Gasteiger partial charge in [-0.3, -0.25) is 0 Å². The molecule has 2 aromatic rings. The molecule has 1 heterocycles. The molecule has 0 fully saturated rings. The molecule has 0 saturated heterocycles. The average Bonchev–Trinajstić information content (AvgIpc) is 2.51. The van der Waals surface area contributed by atoms with Gasteiger partial charge >= 0.3 is 0 Å². The molecule has 0 aliphatic carbocycles. The van der Waals surface area contributed by atoms with Gasteiger partial charge in [0, 0.05) is 5.69 Å². The molecule has 0 amide bonds. The van der Waals surface area contributed by atoms with Crippen LogP contribution in [0.25, 0.3) is 0 Å². The maximum absolute atomic E-state index is 9.01. The Kier molecular flexibility index (Phi) is 4.17. The number of nitrogens with zero attached hydrogens (tertiary/aromatic N) is 4. The molecule has 0 saturated carbocycles. The van der Waals surface area contributed by atoms with Crippen molar-refractivity contribution in [3.63, 3.8) is 0 Å². The Morgan fingerprint density at radius 3 is 2.67 bits per heavy atom. The van der Waals surface area contributed by atoms with E-state index in [0.717, 1.165) is 0 Å². The normalized spacial score (nSPS) is 9.48. The number of hydrogen-bond donors (Lipinski definition) is 2. The lowest BCUT2D eigenvalue weighted by molar-refractivity contribution is 0.328. The lowest BCUT2D eigenvalue weighted by atomic mass is 10.1. The summed E-state index contributed by atoms with van der Waals surface area (Å²) in [6, 6.07) is 8.70. The van der Waals surface area contributed by atoms with Gasteiger partial charge in [0.1, 0.15) is 24.2 Å². The quantitative estimate of drug-likeness (QED) is 0.877. The third kappa shape index (κ3) is 2.99. The molecular formula is C14H12N6O. The number of ether oxygens (including phenoxy) is 1. The summed E-state index contributed by atoms with van der Waals surface area (Å²) in [5, 5.41) is 20.9. The molecule has 1 aromatic heterocycles. The van der Waals surface area contributed by atoms with Crippen molar-refractivity contribution in [2.24, 2.45) is 0 Å². The molecule has 104 valence electrons. The summed E-state index contributed by atoms with van der Waals surface area (Å²) >= 11 is 0. The van der Waals surface area contributed by atoms with E-state index in [9.17, 15) is 0 Å². The van der Waals surface area contributed by atoms with E-state index in [1.165, 1.54) is 6.33 Å². The molecular weight excluding hydrogens is 268 g/mol. The van der Waals surface area contributed by atoms with Gasteiger partial charge < -0.3 is 15.8 Å². The molecule has 0 radical (unpaired) electrons. The third-order valence-electron chi connectivity index (χ3n) is 2.65. The van der Waals surface area contributed by atoms with Gasteiger partial charge in [-0.1, -0.05) is 0 Å². The van der Waals surface area contributed by atoms with Crippen LogP contribution in [0.4, 0.5) is 17.2 Å². The van der Waals surface area contributed by atoms with Gasteiger partial charge in [-0.05, 0) is 25.1 Å². The molecule has 0 atom stereocenters. The van der Waals surface area contributed by atoms with E-state index >= 15 is 0 Å². The van der Waals surface area contributed by atoms with Crippen LogP contribution in [0.1, 0.15) is 18.1 Å². The van der Waals surface area contributed by atoms with E-state index in [1.807, 2.05) is 19.1 Å². The van der Waals surface area contributed by atoms with Crippen LogP contribution in [0, 0.1) is 22.7 Å². The van der Waals surface area contributed by atoms with Crippen molar-refractivity contribution in [1.29, 1.82) is 10.5 Å². The van der Waals surface area contributed by atoms with E-state index < -0.39 is 0 Å². The van der Waals surface area contributed by atoms with Crippen molar-refractivity contribution in [2.45, 2.75) is 6.92 Å². The van der Waals surface area contributed by atoms with Gasteiger partial charge in [0.05, 0.1) is 17.7 Å². The van der Waals surface area contributed by atoms with E-state index in [1.54, 1.807) is 18.2 Å². The van der Waals surface area contributed by atoms with Gasteiger partial charge in [0.2, 0.25) is 5.88 Å². The molecule has 0 aliphatic rings. The highest BCUT2D eigenvalue weighted by Crippen LogP contribution is 2.27. The Labute approximate surface area is 121 Å². The van der Waals surface area contributed by atoms with Crippen LogP contribution in [0.3, 0.4) is 0 Å². The molecule has 3 N–H and O–H groups in total. The smallest absolute Gasteiger partial charge is 0.242 e. The van der Waals surface area contributed by atoms with Crippen LogP contribution in [0.2, 0.25) is 0 Å². The van der Waals surface area contributed by atoms with Gasteiger partial charge in [-0.15, -0.1) is 0 Å². The number of nitriles is 2. The monoisotopic (exact) mass is 280 g/mol. The lowest BCUT2D eigenvalue weighted by Gasteiger charge is -2.11. The summed E-state index contributed by atoms with van der Waals surface area (Å²) in [4.78, 5) is 7.98. The van der Waals surface area contributed by atoms with Crippen molar-refractivity contribution in [2.75, 3.05) is 17.7 Å². The summed E-state index contributed by atoms with van der Waals surface area (Å²) < 4.78 is 5.28. The van der Waals surface area contributed by atoms with Crippen molar-refractivity contribution in [3.05, 3.63) is 35.7 Å². The van der Waals surface area contributed by atoms with Gasteiger partial charge in [-0.2, -0.15) is 15.5 Å². The number of aromatic nitrogens is 2. The van der Waals surface area contributed by atoms with Crippen LogP contribution in [-0.2, 0) is 0 Å². The first-order valence-corrected chi connectivity index (χ1v) is 6.14. The minimum Gasteiger partial charge on any atom is -0.476 e. The fourth-order valence-electron chi connectivity index (χ4n) is 1.68. The van der Waals surface area contributed by atoms with Crippen LogP contribution < -0.4 is 15.8 Å². The van der Waals surface area contributed by atoms with Crippen LogP contribution in [0.15, 0.2) is 24.5 Å². The number of nitrogens with two attached hydrogens (primary N) is 1. The van der Waals surface area contributed by atoms with E-state index in [-0.39, 0.29) is 11.3 Å². The number of benzene rings is 1. The van der Waals surface area contributed by atoms with E-state index in [2.05, 4.69) is 15.3 Å².